The van der Waals surface area contributed by atoms with E-state index in [9.17, 15) is 22.9 Å². The van der Waals surface area contributed by atoms with Crippen molar-refractivity contribution in [2.24, 2.45) is 0 Å². The Morgan fingerprint density at radius 2 is 2.00 bits per heavy atom. The van der Waals surface area contributed by atoms with E-state index in [1.807, 2.05) is 0 Å². The lowest BCUT2D eigenvalue weighted by molar-refractivity contribution is -0.387. The van der Waals surface area contributed by atoms with Crippen LogP contribution in [0.5, 0.6) is 0 Å². The second-order valence-electron chi connectivity index (χ2n) is 6.14. The van der Waals surface area contributed by atoms with Gasteiger partial charge < -0.3 is 5.32 Å². The van der Waals surface area contributed by atoms with Gasteiger partial charge in [0.25, 0.3) is 5.69 Å². The van der Waals surface area contributed by atoms with Gasteiger partial charge in [-0.25, -0.2) is 12.8 Å². The highest BCUT2D eigenvalue weighted by Crippen LogP contribution is 2.34. The van der Waals surface area contributed by atoms with Crippen LogP contribution in [0.1, 0.15) is 30.0 Å². The van der Waals surface area contributed by atoms with E-state index in [0.717, 1.165) is 36.6 Å². The van der Waals surface area contributed by atoms with Gasteiger partial charge in [-0.3, -0.25) is 10.1 Å². The molecule has 1 aliphatic rings. The lowest BCUT2D eigenvalue weighted by atomic mass is 9.87. The Kier molecular flexibility index (Phi) is 4.47. The van der Waals surface area contributed by atoms with E-state index in [1.54, 1.807) is 6.07 Å². The van der Waals surface area contributed by atoms with Gasteiger partial charge in [0.2, 0.25) is 0 Å². The number of hydrogen-bond acceptors (Lipinski definition) is 5. The van der Waals surface area contributed by atoms with Crippen LogP contribution in [0.3, 0.4) is 0 Å². The summed E-state index contributed by atoms with van der Waals surface area (Å²) in [6, 6.07) is 8.41. The molecule has 132 valence electrons. The molecule has 0 fully saturated rings. The minimum atomic E-state index is -3.75. The van der Waals surface area contributed by atoms with Crippen molar-refractivity contribution in [2.45, 2.75) is 30.2 Å². The first-order valence-electron chi connectivity index (χ1n) is 7.79. The zero-order valence-electron chi connectivity index (χ0n) is 13.5. The maximum atomic E-state index is 13.6. The molecule has 2 aromatic rings. The van der Waals surface area contributed by atoms with Crippen molar-refractivity contribution in [2.75, 3.05) is 11.6 Å². The van der Waals surface area contributed by atoms with Crippen molar-refractivity contribution in [3.05, 3.63) is 63.5 Å². The molecule has 1 N–H and O–H groups in total. The van der Waals surface area contributed by atoms with Crippen LogP contribution in [0.15, 0.2) is 41.3 Å². The van der Waals surface area contributed by atoms with Gasteiger partial charge in [-0.1, -0.05) is 6.07 Å². The maximum Gasteiger partial charge on any atom is 0.288 e. The van der Waals surface area contributed by atoms with Gasteiger partial charge in [0.1, 0.15) is 10.7 Å². The molecule has 0 bridgehead atoms. The van der Waals surface area contributed by atoms with E-state index in [4.69, 9.17) is 0 Å². The Bertz CT molecular complexity index is 944. The second kappa shape index (κ2) is 6.44. The fraction of sp³-hybridized carbons (Fsp3) is 0.294. The Balaban J connectivity index is 1.98. The average Bonchev–Trinajstić information content (AvgIpc) is 2.54. The standard InChI is InChI=1S/C17H17FN2O4S/c1-25(23,24)17-10-13(7-8-16(17)20(21)22)19-15-4-2-3-11-5-6-12(18)9-14(11)15/h5-10,15,19H,2-4H2,1H3. The zero-order valence-corrected chi connectivity index (χ0v) is 14.3. The number of sulfone groups is 1. The summed E-state index contributed by atoms with van der Waals surface area (Å²) < 4.78 is 37.3. The van der Waals surface area contributed by atoms with Crippen LogP contribution < -0.4 is 5.32 Å². The fourth-order valence-electron chi connectivity index (χ4n) is 3.17. The van der Waals surface area contributed by atoms with E-state index in [0.29, 0.717) is 5.69 Å². The Hall–Kier alpha value is -2.48. The molecule has 0 spiro atoms. The maximum absolute atomic E-state index is 13.6. The lowest BCUT2D eigenvalue weighted by Gasteiger charge is -2.27. The van der Waals surface area contributed by atoms with E-state index in [2.05, 4.69) is 5.32 Å². The van der Waals surface area contributed by atoms with E-state index in [-0.39, 0.29) is 16.8 Å². The number of hydrogen-bond donors (Lipinski definition) is 1. The second-order valence-corrected chi connectivity index (χ2v) is 8.13. The highest BCUT2D eigenvalue weighted by Gasteiger charge is 2.25. The summed E-state index contributed by atoms with van der Waals surface area (Å²) in [5, 5.41) is 14.2. The topological polar surface area (TPSA) is 89.3 Å². The third kappa shape index (κ3) is 3.63. The van der Waals surface area contributed by atoms with Crippen molar-refractivity contribution >= 4 is 21.2 Å². The SMILES string of the molecule is CS(=O)(=O)c1cc(NC2CCCc3ccc(F)cc32)ccc1[N+](=O)[O-]. The molecule has 2 aromatic carbocycles. The number of benzene rings is 2. The molecule has 0 aliphatic heterocycles. The minimum absolute atomic E-state index is 0.173. The van der Waals surface area contributed by atoms with Crippen LogP contribution in [0.4, 0.5) is 15.8 Å². The molecule has 0 amide bonds. The number of nitro benzene ring substituents is 1. The summed E-state index contributed by atoms with van der Waals surface area (Å²) in [6.07, 6.45) is 3.48. The first kappa shape index (κ1) is 17.3. The van der Waals surface area contributed by atoms with Crippen LogP contribution in [0, 0.1) is 15.9 Å². The highest BCUT2D eigenvalue weighted by molar-refractivity contribution is 7.90. The van der Waals surface area contributed by atoms with Crippen LogP contribution in [0.25, 0.3) is 0 Å². The number of rotatable bonds is 4. The number of anilines is 1. The van der Waals surface area contributed by atoms with Gasteiger partial charge in [0.15, 0.2) is 9.84 Å². The highest BCUT2D eigenvalue weighted by atomic mass is 32.2. The largest absolute Gasteiger partial charge is 0.378 e. The van der Waals surface area contributed by atoms with Crippen molar-refractivity contribution in [3.63, 3.8) is 0 Å². The molecular formula is C17H17FN2O4S. The Morgan fingerprint density at radius 3 is 2.68 bits per heavy atom. The monoisotopic (exact) mass is 364 g/mol. The molecule has 0 heterocycles. The Morgan fingerprint density at radius 1 is 1.24 bits per heavy atom. The number of aryl methyl sites for hydroxylation is 1. The van der Waals surface area contributed by atoms with E-state index in [1.165, 1.54) is 30.3 Å². The number of fused-ring (bicyclic) bond motifs is 1. The fourth-order valence-corrected chi connectivity index (χ4v) is 4.04. The first-order valence-corrected chi connectivity index (χ1v) is 9.68. The normalized spacial score (nSPS) is 17.0. The number of nitrogens with one attached hydrogen (secondary N) is 1. The first-order chi connectivity index (χ1) is 11.8. The smallest absolute Gasteiger partial charge is 0.288 e. The molecule has 6 nitrogen and oxygen atoms in total. The predicted octanol–water partition coefficient (Wildman–Crippen LogP) is 3.63. The minimum Gasteiger partial charge on any atom is -0.378 e. The summed E-state index contributed by atoms with van der Waals surface area (Å²) >= 11 is 0. The summed E-state index contributed by atoms with van der Waals surface area (Å²) in [5.41, 5.74) is 1.89. The van der Waals surface area contributed by atoms with Crippen LogP contribution >= 0.6 is 0 Å². The molecule has 1 atom stereocenters. The summed E-state index contributed by atoms with van der Waals surface area (Å²) in [5.74, 6) is -0.326. The number of halogens is 1. The van der Waals surface area contributed by atoms with Gasteiger partial charge in [0, 0.05) is 18.0 Å². The zero-order chi connectivity index (χ0) is 18.2. The van der Waals surface area contributed by atoms with E-state index >= 15 is 0 Å². The molecule has 0 aromatic heterocycles. The third-order valence-corrected chi connectivity index (χ3v) is 5.45. The van der Waals surface area contributed by atoms with E-state index < -0.39 is 20.4 Å². The van der Waals surface area contributed by atoms with Crippen LogP contribution in [0.2, 0.25) is 0 Å². The molecule has 1 aliphatic carbocycles. The summed E-state index contributed by atoms with van der Waals surface area (Å²) in [4.78, 5) is 10.00. The molecule has 1 unspecified atom stereocenters. The van der Waals surface area contributed by atoms with Gasteiger partial charge >= 0.3 is 0 Å². The molecule has 0 radical (unpaired) electrons. The van der Waals surface area contributed by atoms with Crippen LogP contribution in [-0.2, 0) is 16.3 Å². The third-order valence-electron chi connectivity index (χ3n) is 4.32. The summed E-state index contributed by atoms with van der Waals surface area (Å²) in [7, 11) is -3.75. The molecular weight excluding hydrogens is 347 g/mol. The molecule has 3 rings (SSSR count). The molecule has 0 saturated heterocycles. The van der Waals surface area contributed by atoms with Crippen molar-refractivity contribution in [3.8, 4) is 0 Å². The number of nitro groups is 1. The summed E-state index contributed by atoms with van der Waals surface area (Å²) in [6.45, 7) is 0. The van der Waals surface area contributed by atoms with Crippen LogP contribution in [-0.4, -0.2) is 19.6 Å². The Labute approximate surface area is 144 Å². The van der Waals surface area contributed by atoms with Crippen molar-refractivity contribution in [1.29, 1.82) is 0 Å². The van der Waals surface area contributed by atoms with Crippen molar-refractivity contribution in [1.82, 2.24) is 0 Å². The number of nitrogens with zero attached hydrogens (tertiary/aromatic N) is 1. The predicted molar refractivity (Wildman–Crippen MR) is 91.9 cm³/mol. The van der Waals surface area contributed by atoms with Gasteiger partial charge in [-0.2, -0.15) is 0 Å². The molecule has 0 saturated carbocycles. The molecule has 8 heteroatoms. The van der Waals surface area contributed by atoms with Gasteiger partial charge in [-0.05, 0) is 54.7 Å². The quantitative estimate of drug-likeness (QED) is 0.661. The lowest BCUT2D eigenvalue weighted by Crippen LogP contribution is -2.18. The van der Waals surface area contributed by atoms with Gasteiger partial charge in [-0.15, -0.1) is 0 Å². The average molecular weight is 364 g/mol. The van der Waals surface area contributed by atoms with Crippen molar-refractivity contribution < 1.29 is 17.7 Å². The molecule has 25 heavy (non-hydrogen) atoms. The van der Waals surface area contributed by atoms with Gasteiger partial charge in [0.05, 0.1) is 11.0 Å².